The Labute approximate surface area is 130 Å². The molecule has 0 saturated heterocycles. The Bertz CT molecular complexity index is 483. The highest BCUT2D eigenvalue weighted by atomic mass is 32.2. The zero-order valence-electron chi connectivity index (χ0n) is 12.4. The van der Waals surface area contributed by atoms with E-state index in [4.69, 9.17) is 9.47 Å². The van der Waals surface area contributed by atoms with Gasteiger partial charge in [0, 0.05) is 17.8 Å². The van der Waals surface area contributed by atoms with Gasteiger partial charge in [0.25, 0.3) is 0 Å². The Hall–Kier alpha value is -0.910. The van der Waals surface area contributed by atoms with Crippen LogP contribution in [0.5, 0.6) is 11.5 Å². The molecule has 1 heterocycles. The lowest BCUT2D eigenvalue weighted by Gasteiger charge is -2.29. The molecule has 0 bridgehead atoms. The Kier molecular flexibility index (Phi) is 4.93. The number of thioether (sulfide) groups is 1. The van der Waals surface area contributed by atoms with Crippen molar-refractivity contribution in [2.24, 2.45) is 0 Å². The standard InChI is InChI=1S/C16H23NO3S/c1-21-13-4-2-3-12(8-13)17-9-14(18)11-5-6-15-16(7-11)20-10-19-15/h5-7,12-14,17-18H,2-4,8-10H2,1H3. The monoisotopic (exact) mass is 309 g/mol. The summed E-state index contributed by atoms with van der Waals surface area (Å²) in [6.07, 6.45) is 6.70. The van der Waals surface area contributed by atoms with Gasteiger partial charge in [0.2, 0.25) is 6.79 Å². The van der Waals surface area contributed by atoms with Crippen LogP contribution in [0.25, 0.3) is 0 Å². The SMILES string of the molecule is CSC1CCCC(NCC(O)c2ccc3c(c2)OCO3)C1. The molecule has 0 spiro atoms. The van der Waals surface area contributed by atoms with Gasteiger partial charge in [0.1, 0.15) is 0 Å². The third kappa shape index (κ3) is 3.65. The summed E-state index contributed by atoms with van der Waals surface area (Å²) in [5.41, 5.74) is 0.879. The summed E-state index contributed by atoms with van der Waals surface area (Å²) < 4.78 is 10.6. The van der Waals surface area contributed by atoms with Gasteiger partial charge < -0.3 is 19.9 Å². The summed E-state index contributed by atoms with van der Waals surface area (Å²) in [5, 5.41) is 14.6. The van der Waals surface area contributed by atoms with Crippen LogP contribution in [-0.4, -0.2) is 36.0 Å². The molecule has 2 aliphatic rings. The van der Waals surface area contributed by atoms with Gasteiger partial charge in [0.15, 0.2) is 11.5 Å². The van der Waals surface area contributed by atoms with E-state index in [1.807, 2.05) is 30.0 Å². The quantitative estimate of drug-likeness (QED) is 0.876. The summed E-state index contributed by atoms with van der Waals surface area (Å²) in [7, 11) is 0. The predicted octanol–water partition coefficient (Wildman–Crippen LogP) is 2.71. The highest BCUT2D eigenvalue weighted by molar-refractivity contribution is 7.99. The van der Waals surface area contributed by atoms with E-state index in [-0.39, 0.29) is 6.79 Å². The first-order valence-corrected chi connectivity index (χ1v) is 8.89. The molecule has 3 unspecified atom stereocenters. The number of fused-ring (bicyclic) bond motifs is 1. The first-order valence-electron chi connectivity index (χ1n) is 7.60. The van der Waals surface area contributed by atoms with E-state index in [9.17, 15) is 5.11 Å². The maximum absolute atomic E-state index is 10.3. The first kappa shape index (κ1) is 15.0. The minimum atomic E-state index is -0.505. The number of benzene rings is 1. The molecule has 1 aromatic carbocycles. The van der Waals surface area contributed by atoms with Crippen LogP contribution >= 0.6 is 11.8 Å². The highest BCUT2D eigenvalue weighted by Gasteiger charge is 2.22. The molecule has 1 aliphatic carbocycles. The third-order valence-electron chi connectivity index (χ3n) is 4.34. The zero-order chi connectivity index (χ0) is 14.7. The van der Waals surface area contributed by atoms with Crippen LogP contribution in [0.15, 0.2) is 18.2 Å². The molecule has 2 N–H and O–H groups in total. The van der Waals surface area contributed by atoms with Gasteiger partial charge in [0.05, 0.1) is 6.10 Å². The fourth-order valence-corrected chi connectivity index (χ4v) is 3.89. The predicted molar refractivity (Wildman–Crippen MR) is 85.1 cm³/mol. The fraction of sp³-hybridized carbons (Fsp3) is 0.625. The number of hydrogen-bond acceptors (Lipinski definition) is 5. The van der Waals surface area contributed by atoms with Crippen LogP contribution < -0.4 is 14.8 Å². The fourth-order valence-electron chi connectivity index (χ4n) is 3.06. The molecular weight excluding hydrogens is 286 g/mol. The average Bonchev–Trinajstić information content (AvgIpc) is 3.00. The minimum Gasteiger partial charge on any atom is -0.454 e. The molecule has 1 aromatic rings. The summed E-state index contributed by atoms with van der Waals surface area (Å²) in [6.45, 7) is 0.858. The van der Waals surface area contributed by atoms with E-state index in [0.717, 1.165) is 22.3 Å². The van der Waals surface area contributed by atoms with Gasteiger partial charge in [-0.3, -0.25) is 0 Å². The molecule has 116 valence electrons. The van der Waals surface area contributed by atoms with Crippen molar-refractivity contribution in [1.82, 2.24) is 5.32 Å². The van der Waals surface area contributed by atoms with Crippen LogP contribution in [0.2, 0.25) is 0 Å². The lowest BCUT2D eigenvalue weighted by atomic mass is 9.94. The van der Waals surface area contributed by atoms with E-state index in [0.29, 0.717) is 12.6 Å². The maximum atomic E-state index is 10.3. The van der Waals surface area contributed by atoms with Crippen molar-refractivity contribution < 1.29 is 14.6 Å². The summed E-state index contributed by atoms with van der Waals surface area (Å²) >= 11 is 1.96. The molecule has 0 aromatic heterocycles. The van der Waals surface area contributed by atoms with Crippen molar-refractivity contribution in [2.75, 3.05) is 19.6 Å². The Balaban J connectivity index is 1.53. The van der Waals surface area contributed by atoms with Gasteiger partial charge in [-0.2, -0.15) is 11.8 Å². The molecule has 1 aliphatic heterocycles. The van der Waals surface area contributed by atoms with E-state index in [2.05, 4.69) is 11.6 Å². The van der Waals surface area contributed by atoms with Crippen molar-refractivity contribution in [3.8, 4) is 11.5 Å². The average molecular weight is 309 g/mol. The zero-order valence-corrected chi connectivity index (χ0v) is 13.2. The summed E-state index contributed by atoms with van der Waals surface area (Å²) in [5.74, 6) is 1.49. The lowest BCUT2D eigenvalue weighted by Crippen LogP contribution is -2.37. The van der Waals surface area contributed by atoms with Gasteiger partial charge >= 0.3 is 0 Å². The lowest BCUT2D eigenvalue weighted by molar-refractivity contribution is 0.164. The molecule has 5 heteroatoms. The van der Waals surface area contributed by atoms with Crippen LogP contribution in [0.3, 0.4) is 0 Å². The van der Waals surface area contributed by atoms with E-state index >= 15 is 0 Å². The van der Waals surface area contributed by atoms with Crippen molar-refractivity contribution >= 4 is 11.8 Å². The van der Waals surface area contributed by atoms with Gasteiger partial charge in [-0.15, -0.1) is 0 Å². The summed E-state index contributed by atoms with van der Waals surface area (Å²) in [4.78, 5) is 0. The highest BCUT2D eigenvalue weighted by Crippen LogP contribution is 2.34. The van der Waals surface area contributed by atoms with Crippen LogP contribution in [-0.2, 0) is 0 Å². The van der Waals surface area contributed by atoms with Crippen LogP contribution in [0.1, 0.15) is 37.4 Å². The molecule has 0 amide bonds. The normalized spacial score (nSPS) is 25.8. The Morgan fingerprint density at radius 2 is 2.19 bits per heavy atom. The van der Waals surface area contributed by atoms with Gasteiger partial charge in [-0.25, -0.2) is 0 Å². The first-order chi connectivity index (χ1) is 10.3. The molecule has 3 rings (SSSR count). The van der Waals surface area contributed by atoms with Crippen LogP contribution in [0.4, 0.5) is 0 Å². The second-order valence-electron chi connectivity index (χ2n) is 5.76. The third-order valence-corrected chi connectivity index (χ3v) is 5.44. The van der Waals surface area contributed by atoms with E-state index < -0.39 is 6.10 Å². The molecule has 1 saturated carbocycles. The molecule has 3 atom stereocenters. The number of nitrogens with one attached hydrogen (secondary N) is 1. The van der Waals surface area contributed by atoms with Crippen molar-refractivity contribution in [3.05, 3.63) is 23.8 Å². The van der Waals surface area contributed by atoms with E-state index in [1.165, 1.54) is 25.7 Å². The molecule has 0 radical (unpaired) electrons. The minimum absolute atomic E-state index is 0.269. The number of rotatable bonds is 5. The Morgan fingerprint density at radius 1 is 1.33 bits per heavy atom. The number of ether oxygens (including phenoxy) is 2. The van der Waals surface area contributed by atoms with E-state index in [1.54, 1.807) is 0 Å². The van der Waals surface area contributed by atoms with Crippen molar-refractivity contribution in [1.29, 1.82) is 0 Å². The summed E-state index contributed by atoms with van der Waals surface area (Å²) in [6, 6.07) is 6.18. The molecule has 1 fully saturated rings. The Morgan fingerprint density at radius 3 is 3.05 bits per heavy atom. The van der Waals surface area contributed by atoms with Gasteiger partial charge in [-0.05, 0) is 43.2 Å². The van der Waals surface area contributed by atoms with Gasteiger partial charge in [-0.1, -0.05) is 12.5 Å². The largest absolute Gasteiger partial charge is 0.454 e. The second-order valence-corrected chi connectivity index (χ2v) is 6.90. The van der Waals surface area contributed by atoms with Crippen molar-refractivity contribution in [2.45, 2.75) is 43.1 Å². The molecule has 4 nitrogen and oxygen atoms in total. The molecular formula is C16H23NO3S. The molecule has 21 heavy (non-hydrogen) atoms. The smallest absolute Gasteiger partial charge is 0.231 e. The number of aliphatic hydroxyl groups excluding tert-OH is 1. The number of hydrogen-bond donors (Lipinski definition) is 2. The second kappa shape index (κ2) is 6.90. The number of aliphatic hydroxyl groups is 1. The maximum Gasteiger partial charge on any atom is 0.231 e. The van der Waals surface area contributed by atoms with Crippen molar-refractivity contribution in [3.63, 3.8) is 0 Å². The topological polar surface area (TPSA) is 50.7 Å². The van der Waals surface area contributed by atoms with Crippen LogP contribution in [0, 0.1) is 0 Å².